The number of ether oxygens (including phenoxy) is 1. The molecule has 1 saturated carbocycles. The van der Waals surface area contributed by atoms with Crippen LogP contribution in [0, 0.1) is 5.41 Å². The van der Waals surface area contributed by atoms with Gasteiger partial charge >= 0.3 is 5.97 Å². The molecule has 0 aromatic heterocycles. The molecule has 0 bridgehead atoms. The number of carbonyl (C=O) groups excluding carboxylic acids is 1. The summed E-state index contributed by atoms with van der Waals surface area (Å²) in [5.74, 6) is -0.195. The van der Waals surface area contributed by atoms with E-state index in [0.29, 0.717) is 6.42 Å². The molecule has 0 amide bonds. The van der Waals surface area contributed by atoms with Gasteiger partial charge in [0, 0.05) is 12.0 Å². The van der Waals surface area contributed by atoms with Crippen LogP contribution in [0.4, 0.5) is 0 Å². The summed E-state index contributed by atoms with van der Waals surface area (Å²) in [6.45, 7) is 5.66. The Bertz CT molecular complexity index is 199. The van der Waals surface area contributed by atoms with E-state index < -0.39 is 5.60 Å². The Hall–Kier alpha value is -0.570. The Labute approximate surface area is 79.1 Å². The van der Waals surface area contributed by atoms with Gasteiger partial charge in [-0.25, -0.2) is 0 Å². The molecule has 13 heavy (non-hydrogen) atoms. The maximum Gasteiger partial charge on any atom is 0.306 e. The van der Waals surface area contributed by atoms with Crippen LogP contribution in [0.1, 0.15) is 40.0 Å². The zero-order valence-electron chi connectivity index (χ0n) is 8.59. The maximum absolute atomic E-state index is 11.3. The summed E-state index contributed by atoms with van der Waals surface area (Å²) in [4.78, 5) is 11.3. The fourth-order valence-electron chi connectivity index (χ4n) is 1.25. The molecule has 3 nitrogen and oxygen atoms in total. The maximum atomic E-state index is 11.3. The van der Waals surface area contributed by atoms with Crippen molar-refractivity contribution in [1.29, 1.82) is 0 Å². The number of carbonyl (C=O) groups is 1. The molecule has 0 spiro atoms. The van der Waals surface area contributed by atoms with Gasteiger partial charge < -0.3 is 9.84 Å². The first-order chi connectivity index (χ1) is 5.87. The molecule has 0 aliphatic heterocycles. The van der Waals surface area contributed by atoms with Crippen LogP contribution < -0.4 is 0 Å². The van der Waals surface area contributed by atoms with Crippen molar-refractivity contribution in [3.05, 3.63) is 0 Å². The molecule has 1 rings (SSSR count). The van der Waals surface area contributed by atoms with Crippen molar-refractivity contribution in [2.75, 3.05) is 6.61 Å². The predicted octanol–water partition coefficient (Wildman–Crippen LogP) is 1.49. The van der Waals surface area contributed by atoms with Gasteiger partial charge in [0.2, 0.25) is 0 Å². The molecule has 1 N–H and O–H groups in total. The van der Waals surface area contributed by atoms with E-state index in [2.05, 4.69) is 0 Å². The minimum atomic E-state index is -0.414. The summed E-state index contributed by atoms with van der Waals surface area (Å²) in [5, 5.41) is 9.00. The Kier molecular flexibility index (Phi) is 2.66. The highest BCUT2D eigenvalue weighted by molar-refractivity contribution is 5.71. The first-order valence-corrected chi connectivity index (χ1v) is 4.70. The molecule has 1 aliphatic rings. The van der Waals surface area contributed by atoms with Gasteiger partial charge in [-0.3, -0.25) is 4.79 Å². The van der Waals surface area contributed by atoms with Crippen LogP contribution in [0.5, 0.6) is 0 Å². The minimum Gasteiger partial charge on any atom is -0.460 e. The third-order valence-electron chi connectivity index (χ3n) is 2.23. The number of rotatable bonds is 3. The zero-order chi connectivity index (χ0) is 10.1. The van der Waals surface area contributed by atoms with Gasteiger partial charge in [0.15, 0.2) is 0 Å². The van der Waals surface area contributed by atoms with Crippen LogP contribution >= 0.6 is 0 Å². The highest BCUT2D eigenvalue weighted by Gasteiger charge is 2.44. The summed E-state index contributed by atoms with van der Waals surface area (Å²) in [7, 11) is 0. The topological polar surface area (TPSA) is 46.5 Å². The van der Waals surface area contributed by atoms with Crippen molar-refractivity contribution in [1.82, 2.24) is 0 Å². The molecule has 1 aliphatic carbocycles. The first kappa shape index (κ1) is 10.5. The summed E-state index contributed by atoms with van der Waals surface area (Å²) < 4.78 is 5.17. The predicted molar refractivity (Wildman–Crippen MR) is 49.2 cm³/mol. The van der Waals surface area contributed by atoms with E-state index in [0.717, 1.165) is 12.8 Å². The molecule has 1 fully saturated rings. The average molecular weight is 186 g/mol. The fraction of sp³-hybridized carbons (Fsp3) is 0.900. The van der Waals surface area contributed by atoms with Crippen molar-refractivity contribution in [3.63, 3.8) is 0 Å². The molecule has 0 unspecified atom stereocenters. The smallest absolute Gasteiger partial charge is 0.306 e. The lowest BCUT2D eigenvalue weighted by atomic mass is 10.0. The molecule has 76 valence electrons. The highest BCUT2D eigenvalue weighted by atomic mass is 16.6. The summed E-state index contributed by atoms with van der Waals surface area (Å²) in [5.41, 5.74) is -0.551. The lowest BCUT2D eigenvalue weighted by Gasteiger charge is -2.21. The van der Waals surface area contributed by atoms with Gasteiger partial charge in [0.1, 0.15) is 5.60 Å². The molecule has 0 atom stereocenters. The van der Waals surface area contributed by atoms with Gasteiger partial charge in [-0.2, -0.15) is 0 Å². The lowest BCUT2D eigenvalue weighted by Crippen LogP contribution is -2.26. The van der Waals surface area contributed by atoms with Crippen molar-refractivity contribution in [2.24, 2.45) is 5.41 Å². The van der Waals surface area contributed by atoms with E-state index in [9.17, 15) is 4.79 Å². The van der Waals surface area contributed by atoms with Crippen LogP contribution in [0.25, 0.3) is 0 Å². The van der Waals surface area contributed by atoms with E-state index in [4.69, 9.17) is 9.84 Å². The van der Waals surface area contributed by atoms with Crippen molar-refractivity contribution in [2.45, 2.75) is 45.6 Å². The summed E-state index contributed by atoms with van der Waals surface area (Å²) in [6.07, 6.45) is 2.26. The third kappa shape index (κ3) is 3.35. The number of esters is 1. The van der Waals surface area contributed by atoms with E-state index >= 15 is 0 Å². The van der Waals surface area contributed by atoms with Gasteiger partial charge in [0.05, 0.1) is 6.42 Å². The molecular weight excluding hydrogens is 168 g/mol. The Morgan fingerprint density at radius 3 is 2.31 bits per heavy atom. The van der Waals surface area contributed by atoms with Crippen LogP contribution in [-0.2, 0) is 9.53 Å². The molecular formula is C10H18O3. The second-order valence-electron chi connectivity index (χ2n) is 4.92. The normalized spacial score (nSPS) is 19.7. The Morgan fingerprint density at radius 1 is 1.46 bits per heavy atom. The largest absolute Gasteiger partial charge is 0.460 e. The minimum absolute atomic E-state index is 0.103. The average Bonchev–Trinajstić information content (AvgIpc) is 2.65. The lowest BCUT2D eigenvalue weighted by molar-refractivity contribution is -0.156. The molecule has 0 saturated heterocycles. The van der Waals surface area contributed by atoms with Gasteiger partial charge in [-0.15, -0.1) is 0 Å². The second kappa shape index (κ2) is 3.29. The number of aliphatic hydroxyl groups is 1. The van der Waals surface area contributed by atoms with Crippen molar-refractivity contribution < 1.29 is 14.6 Å². The van der Waals surface area contributed by atoms with Crippen molar-refractivity contribution in [3.8, 4) is 0 Å². The molecule has 0 heterocycles. The Balaban J connectivity index is 2.34. The SMILES string of the molecule is CC(C)(C)OC(=O)CC1(CO)CC1. The van der Waals surface area contributed by atoms with Gasteiger partial charge in [-0.05, 0) is 33.6 Å². The number of hydrogen-bond donors (Lipinski definition) is 1. The van der Waals surface area contributed by atoms with Crippen LogP contribution in [0.15, 0.2) is 0 Å². The van der Waals surface area contributed by atoms with E-state index in [1.54, 1.807) is 0 Å². The van der Waals surface area contributed by atoms with E-state index in [1.165, 1.54) is 0 Å². The number of hydrogen-bond acceptors (Lipinski definition) is 3. The quantitative estimate of drug-likeness (QED) is 0.679. The van der Waals surface area contributed by atoms with E-state index in [-0.39, 0.29) is 18.0 Å². The zero-order valence-corrected chi connectivity index (χ0v) is 8.59. The molecule has 0 radical (unpaired) electrons. The standard InChI is InChI=1S/C10H18O3/c1-9(2,3)13-8(12)6-10(7-11)4-5-10/h11H,4-7H2,1-3H3. The van der Waals surface area contributed by atoms with Crippen LogP contribution in [0.2, 0.25) is 0 Å². The first-order valence-electron chi connectivity index (χ1n) is 4.70. The Morgan fingerprint density at radius 2 is 2.00 bits per heavy atom. The highest BCUT2D eigenvalue weighted by Crippen LogP contribution is 2.48. The van der Waals surface area contributed by atoms with Gasteiger partial charge in [-0.1, -0.05) is 0 Å². The van der Waals surface area contributed by atoms with Gasteiger partial charge in [0.25, 0.3) is 0 Å². The van der Waals surface area contributed by atoms with E-state index in [1.807, 2.05) is 20.8 Å². The van der Waals surface area contributed by atoms with Crippen molar-refractivity contribution >= 4 is 5.97 Å². The summed E-state index contributed by atoms with van der Waals surface area (Å²) in [6, 6.07) is 0. The molecule has 0 aromatic carbocycles. The number of aliphatic hydroxyl groups excluding tert-OH is 1. The van der Waals surface area contributed by atoms with Crippen LogP contribution in [-0.4, -0.2) is 23.3 Å². The fourth-order valence-corrected chi connectivity index (χ4v) is 1.25. The monoisotopic (exact) mass is 186 g/mol. The third-order valence-corrected chi connectivity index (χ3v) is 2.23. The summed E-state index contributed by atoms with van der Waals surface area (Å²) >= 11 is 0. The van der Waals surface area contributed by atoms with Crippen LogP contribution in [0.3, 0.4) is 0 Å². The molecule has 3 heteroatoms. The molecule has 0 aromatic rings. The second-order valence-corrected chi connectivity index (χ2v) is 4.92.